The van der Waals surface area contributed by atoms with E-state index in [4.69, 9.17) is 14.2 Å². The van der Waals surface area contributed by atoms with Crippen molar-refractivity contribution in [2.45, 2.75) is 12.6 Å². The fourth-order valence-corrected chi connectivity index (χ4v) is 2.59. The van der Waals surface area contributed by atoms with Gasteiger partial charge in [0.25, 0.3) is 0 Å². The third-order valence-corrected chi connectivity index (χ3v) is 3.49. The SMILES string of the molecule is O=C1C=C2c3cc4c(cc3CNC2CO1)OCO4. The first-order valence-corrected chi connectivity index (χ1v) is 5.86. The minimum absolute atomic E-state index is 0.0792. The van der Waals surface area contributed by atoms with Crippen molar-refractivity contribution in [3.05, 3.63) is 29.3 Å². The summed E-state index contributed by atoms with van der Waals surface area (Å²) < 4.78 is 15.8. The van der Waals surface area contributed by atoms with Crippen LogP contribution in [-0.4, -0.2) is 25.4 Å². The number of carbonyl (C=O) groups excluding carboxylic acids is 1. The van der Waals surface area contributed by atoms with E-state index in [-0.39, 0.29) is 18.8 Å². The van der Waals surface area contributed by atoms with Gasteiger partial charge in [0.05, 0.1) is 6.04 Å². The minimum Gasteiger partial charge on any atom is -0.460 e. The second kappa shape index (κ2) is 3.49. The molecule has 0 saturated carbocycles. The zero-order valence-electron chi connectivity index (χ0n) is 9.56. The zero-order valence-corrected chi connectivity index (χ0v) is 9.56. The van der Waals surface area contributed by atoms with Gasteiger partial charge < -0.3 is 19.5 Å². The summed E-state index contributed by atoms with van der Waals surface area (Å²) in [7, 11) is 0. The van der Waals surface area contributed by atoms with Gasteiger partial charge in [0.2, 0.25) is 6.79 Å². The molecule has 5 nitrogen and oxygen atoms in total. The quantitative estimate of drug-likeness (QED) is 0.686. The third kappa shape index (κ3) is 1.34. The highest BCUT2D eigenvalue weighted by molar-refractivity contribution is 5.95. The van der Waals surface area contributed by atoms with Crippen LogP contribution >= 0.6 is 0 Å². The number of esters is 1. The van der Waals surface area contributed by atoms with Gasteiger partial charge in [0.15, 0.2) is 11.5 Å². The van der Waals surface area contributed by atoms with Crippen molar-refractivity contribution in [1.82, 2.24) is 5.32 Å². The highest BCUT2D eigenvalue weighted by Crippen LogP contribution is 2.40. The molecule has 0 saturated heterocycles. The molecule has 1 aromatic carbocycles. The molecule has 0 spiro atoms. The number of ether oxygens (including phenoxy) is 3. The summed E-state index contributed by atoms with van der Waals surface area (Å²) in [6, 6.07) is 4.01. The largest absolute Gasteiger partial charge is 0.460 e. The molecule has 1 atom stereocenters. The molecule has 3 aliphatic rings. The lowest BCUT2D eigenvalue weighted by Crippen LogP contribution is -2.41. The molecule has 0 aliphatic carbocycles. The Balaban J connectivity index is 1.88. The minimum atomic E-state index is -0.284. The fourth-order valence-electron chi connectivity index (χ4n) is 2.59. The average molecular weight is 245 g/mol. The van der Waals surface area contributed by atoms with Gasteiger partial charge in [0, 0.05) is 12.6 Å². The van der Waals surface area contributed by atoms with Crippen molar-refractivity contribution in [2.75, 3.05) is 13.4 Å². The summed E-state index contributed by atoms with van der Waals surface area (Å²) in [5.41, 5.74) is 3.15. The Kier molecular flexibility index (Phi) is 1.93. The van der Waals surface area contributed by atoms with Crippen molar-refractivity contribution in [3.63, 3.8) is 0 Å². The van der Waals surface area contributed by atoms with Crippen LogP contribution in [0, 0.1) is 0 Å². The first-order chi connectivity index (χ1) is 8.81. The lowest BCUT2D eigenvalue weighted by Gasteiger charge is -2.31. The Labute approximate surface area is 103 Å². The van der Waals surface area contributed by atoms with Crippen molar-refractivity contribution < 1.29 is 19.0 Å². The number of rotatable bonds is 0. The smallest absolute Gasteiger partial charge is 0.331 e. The van der Waals surface area contributed by atoms with Crippen molar-refractivity contribution in [3.8, 4) is 11.5 Å². The third-order valence-electron chi connectivity index (χ3n) is 3.49. The van der Waals surface area contributed by atoms with Gasteiger partial charge in [-0.2, -0.15) is 0 Å². The summed E-state index contributed by atoms with van der Waals surface area (Å²) in [6.45, 7) is 1.39. The molecular weight excluding hydrogens is 234 g/mol. The molecule has 1 unspecified atom stereocenters. The van der Waals surface area contributed by atoms with E-state index in [1.54, 1.807) is 6.08 Å². The van der Waals surface area contributed by atoms with Crippen molar-refractivity contribution >= 4 is 11.5 Å². The van der Waals surface area contributed by atoms with Gasteiger partial charge in [-0.05, 0) is 28.8 Å². The van der Waals surface area contributed by atoms with E-state index in [9.17, 15) is 4.79 Å². The van der Waals surface area contributed by atoms with Gasteiger partial charge >= 0.3 is 5.97 Å². The van der Waals surface area contributed by atoms with Crippen LogP contribution in [0.4, 0.5) is 0 Å². The molecule has 3 heterocycles. The second-order valence-corrected chi connectivity index (χ2v) is 4.53. The number of cyclic esters (lactones) is 1. The van der Waals surface area contributed by atoms with Gasteiger partial charge in [0.1, 0.15) is 6.61 Å². The van der Waals surface area contributed by atoms with Crippen LogP contribution in [0.15, 0.2) is 18.2 Å². The van der Waals surface area contributed by atoms with Crippen LogP contribution < -0.4 is 14.8 Å². The van der Waals surface area contributed by atoms with Crippen molar-refractivity contribution in [1.29, 1.82) is 0 Å². The highest BCUT2D eigenvalue weighted by Gasteiger charge is 2.30. The lowest BCUT2D eigenvalue weighted by atomic mass is 9.89. The van der Waals surface area contributed by atoms with Gasteiger partial charge in [-0.15, -0.1) is 0 Å². The molecular formula is C13H11NO4. The number of hydrogen-bond acceptors (Lipinski definition) is 5. The molecule has 0 bridgehead atoms. The van der Waals surface area contributed by atoms with Crippen LogP contribution in [0.2, 0.25) is 0 Å². The number of benzene rings is 1. The first-order valence-electron chi connectivity index (χ1n) is 5.86. The predicted molar refractivity (Wildman–Crippen MR) is 62.1 cm³/mol. The number of fused-ring (bicyclic) bond motifs is 4. The number of hydrogen-bond donors (Lipinski definition) is 1. The number of nitrogens with one attached hydrogen (secondary N) is 1. The van der Waals surface area contributed by atoms with Gasteiger partial charge in [-0.1, -0.05) is 0 Å². The summed E-state index contributed by atoms with van der Waals surface area (Å²) in [4.78, 5) is 11.4. The maximum atomic E-state index is 11.4. The normalized spacial score (nSPS) is 23.9. The van der Waals surface area contributed by atoms with Crippen LogP contribution in [0.5, 0.6) is 11.5 Å². The van der Waals surface area contributed by atoms with E-state index in [0.29, 0.717) is 6.61 Å². The van der Waals surface area contributed by atoms with E-state index in [0.717, 1.165) is 34.7 Å². The summed E-state index contributed by atoms with van der Waals surface area (Å²) in [6.07, 6.45) is 1.56. The van der Waals surface area contributed by atoms with E-state index in [1.165, 1.54) is 0 Å². The molecule has 1 aromatic rings. The topological polar surface area (TPSA) is 56.8 Å². The summed E-state index contributed by atoms with van der Waals surface area (Å²) in [5, 5.41) is 3.35. The Bertz CT molecular complexity index is 579. The number of carbonyl (C=O) groups is 1. The van der Waals surface area contributed by atoms with E-state index in [2.05, 4.69) is 5.32 Å². The molecule has 3 aliphatic heterocycles. The highest BCUT2D eigenvalue weighted by atomic mass is 16.7. The van der Waals surface area contributed by atoms with Crippen LogP contribution in [-0.2, 0) is 16.1 Å². The monoisotopic (exact) mass is 245 g/mol. The van der Waals surface area contributed by atoms with Gasteiger partial charge in [-0.25, -0.2) is 4.79 Å². The Morgan fingerprint density at radius 3 is 2.89 bits per heavy atom. The molecule has 0 aromatic heterocycles. The second-order valence-electron chi connectivity index (χ2n) is 4.53. The maximum absolute atomic E-state index is 11.4. The molecule has 0 amide bonds. The van der Waals surface area contributed by atoms with Gasteiger partial charge in [-0.3, -0.25) is 0 Å². The Hall–Kier alpha value is -2.01. The molecule has 5 heteroatoms. The average Bonchev–Trinajstić information content (AvgIpc) is 2.83. The van der Waals surface area contributed by atoms with E-state index < -0.39 is 0 Å². The molecule has 1 N–H and O–H groups in total. The Morgan fingerprint density at radius 1 is 1.17 bits per heavy atom. The van der Waals surface area contributed by atoms with Crippen LogP contribution in [0.25, 0.3) is 5.57 Å². The maximum Gasteiger partial charge on any atom is 0.331 e. The van der Waals surface area contributed by atoms with E-state index in [1.807, 2.05) is 12.1 Å². The first kappa shape index (κ1) is 9.96. The van der Waals surface area contributed by atoms with Crippen molar-refractivity contribution in [2.24, 2.45) is 0 Å². The predicted octanol–water partition coefficient (Wildman–Crippen LogP) is 0.827. The molecule has 4 rings (SSSR count). The summed E-state index contributed by atoms with van der Waals surface area (Å²) >= 11 is 0. The fraction of sp³-hybridized carbons (Fsp3) is 0.308. The molecule has 18 heavy (non-hydrogen) atoms. The molecule has 0 fully saturated rings. The van der Waals surface area contributed by atoms with Crippen LogP contribution in [0.3, 0.4) is 0 Å². The molecule has 92 valence electrons. The standard InChI is InChI=1S/C13H11NO4/c15-13-3-9-8-2-12-11(17-6-18-12)1-7(8)4-14-10(9)5-16-13/h1-3,10,14H,4-6H2. The zero-order chi connectivity index (χ0) is 12.1. The lowest BCUT2D eigenvalue weighted by molar-refractivity contribution is -0.138. The molecule has 0 radical (unpaired) electrons. The van der Waals surface area contributed by atoms with E-state index >= 15 is 0 Å². The Morgan fingerprint density at radius 2 is 2.00 bits per heavy atom. The van der Waals surface area contributed by atoms with Crippen LogP contribution in [0.1, 0.15) is 11.1 Å². The summed E-state index contributed by atoms with van der Waals surface area (Å²) in [5.74, 6) is 1.23.